The number of likely N-dealkylation sites (tertiary alicyclic amines) is 1. The molecule has 1 saturated carbocycles. The van der Waals surface area contributed by atoms with E-state index in [9.17, 15) is 4.79 Å². The highest BCUT2D eigenvalue weighted by atomic mass is 16.2. The van der Waals surface area contributed by atoms with Crippen LogP contribution in [-0.2, 0) is 4.79 Å². The first-order valence-electron chi connectivity index (χ1n) is 7.21. The molecule has 0 spiro atoms. The van der Waals surface area contributed by atoms with Crippen LogP contribution in [0.1, 0.15) is 38.5 Å². The van der Waals surface area contributed by atoms with Crippen LogP contribution in [0.3, 0.4) is 0 Å². The smallest absolute Gasteiger partial charge is 0.223 e. The van der Waals surface area contributed by atoms with Crippen molar-refractivity contribution in [1.82, 2.24) is 9.80 Å². The van der Waals surface area contributed by atoms with Gasteiger partial charge in [-0.1, -0.05) is 6.42 Å². The lowest BCUT2D eigenvalue weighted by atomic mass is 9.66. The fourth-order valence-electron chi connectivity index (χ4n) is 3.19. The molecule has 0 aromatic rings. The molecular formula is C14H27N3O. The van der Waals surface area contributed by atoms with Crippen molar-refractivity contribution in [2.45, 2.75) is 44.6 Å². The summed E-state index contributed by atoms with van der Waals surface area (Å²) in [7, 11) is 4.25. The highest BCUT2D eigenvalue weighted by Crippen LogP contribution is 2.43. The molecule has 1 aliphatic carbocycles. The molecule has 0 unspecified atom stereocenters. The largest absolute Gasteiger partial charge is 0.343 e. The van der Waals surface area contributed by atoms with Gasteiger partial charge in [0.2, 0.25) is 5.91 Å². The van der Waals surface area contributed by atoms with E-state index in [1.165, 1.54) is 6.42 Å². The molecule has 2 N–H and O–H groups in total. The first-order valence-corrected chi connectivity index (χ1v) is 7.21. The second kappa shape index (κ2) is 5.57. The Morgan fingerprint density at radius 2 is 1.94 bits per heavy atom. The van der Waals surface area contributed by atoms with E-state index in [4.69, 9.17) is 5.73 Å². The molecule has 2 rings (SSSR count). The van der Waals surface area contributed by atoms with E-state index in [0.717, 1.165) is 38.8 Å². The third kappa shape index (κ3) is 2.86. The van der Waals surface area contributed by atoms with Gasteiger partial charge < -0.3 is 15.5 Å². The van der Waals surface area contributed by atoms with Crippen LogP contribution in [0, 0.1) is 5.41 Å². The van der Waals surface area contributed by atoms with Crippen LogP contribution >= 0.6 is 0 Å². The van der Waals surface area contributed by atoms with E-state index in [2.05, 4.69) is 23.9 Å². The Morgan fingerprint density at radius 1 is 1.33 bits per heavy atom. The summed E-state index contributed by atoms with van der Waals surface area (Å²) in [5.41, 5.74) is 5.98. The highest BCUT2D eigenvalue weighted by molar-refractivity contribution is 5.77. The molecule has 4 heteroatoms. The molecule has 0 aromatic carbocycles. The van der Waals surface area contributed by atoms with Gasteiger partial charge in [-0.05, 0) is 51.7 Å². The highest BCUT2D eigenvalue weighted by Gasteiger charge is 2.39. The van der Waals surface area contributed by atoms with Crippen LogP contribution in [0.2, 0.25) is 0 Å². The zero-order chi connectivity index (χ0) is 13.2. The second-order valence-corrected chi connectivity index (χ2v) is 6.31. The maximum Gasteiger partial charge on any atom is 0.223 e. The number of carbonyl (C=O) groups is 1. The zero-order valence-corrected chi connectivity index (χ0v) is 11.8. The number of amides is 1. The average Bonchev–Trinajstić information content (AvgIpc) is 2.33. The van der Waals surface area contributed by atoms with Crippen LogP contribution in [0.5, 0.6) is 0 Å². The first kappa shape index (κ1) is 13.8. The lowest BCUT2D eigenvalue weighted by Crippen LogP contribution is -2.48. The molecule has 0 bridgehead atoms. The maximum absolute atomic E-state index is 12.3. The van der Waals surface area contributed by atoms with E-state index in [-0.39, 0.29) is 5.41 Å². The summed E-state index contributed by atoms with van der Waals surface area (Å²) in [6.45, 7) is 2.51. The first-order chi connectivity index (χ1) is 8.56. The Bertz CT molecular complexity index is 286. The standard InChI is InChI=1S/C14H27N3O/c1-16(2)12-4-8-17(9-5-12)13(18)10-14(11-15)6-3-7-14/h12H,3-11,15H2,1-2H3. The summed E-state index contributed by atoms with van der Waals surface area (Å²) in [4.78, 5) is 16.6. The quantitative estimate of drug-likeness (QED) is 0.815. The minimum absolute atomic E-state index is 0.148. The van der Waals surface area contributed by atoms with Crippen molar-refractivity contribution in [3.8, 4) is 0 Å². The number of hydrogen-bond donors (Lipinski definition) is 1. The zero-order valence-electron chi connectivity index (χ0n) is 11.8. The molecule has 0 aromatic heterocycles. The van der Waals surface area contributed by atoms with Crippen LogP contribution in [0.15, 0.2) is 0 Å². The maximum atomic E-state index is 12.3. The monoisotopic (exact) mass is 253 g/mol. The Hall–Kier alpha value is -0.610. The van der Waals surface area contributed by atoms with Crippen LogP contribution in [0.25, 0.3) is 0 Å². The molecule has 2 fully saturated rings. The van der Waals surface area contributed by atoms with Crippen molar-refractivity contribution in [3.05, 3.63) is 0 Å². The third-order valence-corrected chi connectivity index (χ3v) is 4.92. The molecule has 0 atom stereocenters. The van der Waals surface area contributed by atoms with Gasteiger partial charge in [-0.3, -0.25) is 4.79 Å². The second-order valence-electron chi connectivity index (χ2n) is 6.31. The van der Waals surface area contributed by atoms with Gasteiger partial charge in [-0.2, -0.15) is 0 Å². The van der Waals surface area contributed by atoms with Crippen molar-refractivity contribution in [3.63, 3.8) is 0 Å². The Kier molecular flexibility index (Phi) is 4.28. The number of piperidine rings is 1. The number of nitrogens with two attached hydrogens (primary N) is 1. The molecule has 4 nitrogen and oxygen atoms in total. The van der Waals surface area contributed by atoms with E-state index < -0.39 is 0 Å². The van der Waals surface area contributed by atoms with Crippen molar-refractivity contribution in [1.29, 1.82) is 0 Å². The van der Waals surface area contributed by atoms with E-state index in [1.54, 1.807) is 0 Å². The third-order valence-electron chi connectivity index (χ3n) is 4.92. The van der Waals surface area contributed by atoms with E-state index in [1.807, 2.05) is 0 Å². The van der Waals surface area contributed by atoms with Gasteiger partial charge in [0.25, 0.3) is 0 Å². The van der Waals surface area contributed by atoms with Gasteiger partial charge in [-0.25, -0.2) is 0 Å². The lowest BCUT2D eigenvalue weighted by Gasteiger charge is -2.43. The lowest BCUT2D eigenvalue weighted by molar-refractivity contribution is -0.136. The van der Waals surface area contributed by atoms with E-state index >= 15 is 0 Å². The summed E-state index contributed by atoms with van der Waals surface area (Å²) in [5, 5.41) is 0. The predicted molar refractivity (Wildman–Crippen MR) is 73.2 cm³/mol. The number of rotatable bonds is 4. The summed E-state index contributed by atoms with van der Waals surface area (Å²) in [6.07, 6.45) is 6.42. The summed E-state index contributed by atoms with van der Waals surface area (Å²) in [5.74, 6) is 0.331. The van der Waals surface area contributed by atoms with Crippen molar-refractivity contribution >= 4 is 5.91 Å². The SMILES string of the molecule is CN(C)C1CCN(C(=O)CC2(CN)CCC2)CC1. The summed E-state index contributed by atoms with van der Waals surface area (Å²) >= 11 is 0. The van der Waals surface area contributed by atoms with Crippen molar-refractivity contribution in [2.24, 2.45) is 11.1 Å². The Balaban J connectivity index is 1.80. The molecule has 0 radical (unpaired) electrons. The Labute approximate surface area is 110 Å². The van der Waals surface area contributed by atoms with Crippen LogP contribution in [0.4, 0.5) is 0 Å². The number of carbonyl (C=O) groups excluding carboxylic acids is 1. The Morgan fingerprint density at radius 3 is 2.33 bits per heavy atom. The van der Waals surface area contributed by atoms with Gasteiger partial charge in [0, 0.05) is 25.6 Å². The molecule has 18 heavy (non-hydrogen) atoms. The molecule has 1 amide bonds. The van der Waals surface area contributed by atoms with Gasteiger partial charge >= 0.3 is 0 Å². The molecule has 1 aliphatic heterocycles. The van der Waals surface area contributed by atoms with Gasteiger partial charge in [-0.15, -0.1) is 0 Å². The molecule has 1 saturated heterocycles. The predicted octanol–water partition coefficient (Wildman–Crippen LogP) is 1.06. The normalized spacial score (nSPS) is 24.1. The summed E-state index contributed by atoms with van der Waals surface area (Å²) < 4.78 is 0. The fraction of sp³-hybridized carbons (Fsp3) is 0.929. The molecule has 1 heterocycles. The molecule has 104 valence electrons. The van der Waals surface area contributed by atoms with Crippen LogP contribution in [-0.4, -0.2) is 55.5 Å². The molecule has 2 aliphatic rings. The number of hydrogen-bond acceptors (Lipinski definition) is 3. The summed E-state index contributed by atoms with van der Waals surface area (Å²) in [6, 6.07) is 0.640. The average molecular weight is 253 g/mol. The van der Waals surface area contributed by atoms with Crippen molar-refractivity contribution in [2.75, 3.05) is 33.7 Å². The van der Waals surface area contributed by atoms with Crippen molar-refractivity contribution < 1.29 is 4.79 Å². The van der Waals surface area contributed by atoms with Crippen LogP contribution < -0.4 is 5.73 Å². The van der Waals surface area contributed by atoms with Gasteiger partial charge in [0.05, 0.1) is 0 Å². The minimum atomic E-state index is 0.148. The van der Waals surface area contributed by atoms with E-state index in [0.29, 0.717) is 24.9 Å². The minimum Gasteiger partial charge on any atom is -0.343 e. The topological polar surface area (TPSA) is 49.6 Å². The van der Waals surface area contributed by atoms with Gasteiger partial charge in [0.15, 0.2) is 0 Å². The number of nitrogens with zero attached hydrogens (tertiary/aromatic N) is 2. The molecular weight excluding hydrogens is 226 g/mol. The fourth-order valence-corrected chi connectivity index (χ4v) is 3.19. The van der Waals surface area contributed by atoms with Gasteiger partial charge in [0.1, 0.15) is 0 Å².